The van der Waals surface area contributed by atoms with Crippen molar-refractivity contribution in [3.63, 3.8) is 0 Å². The fourth-order valence-corrected chi connectivity index (χ4v) is 3.59. The molecule has 2 aliphatic rings. The number of amides is 1. The standard InChI is InChI=1S/C17H17BrN2O/c18-13-10-16(20(11-13)14-7-8-14)17(21)19-9-3-5-12-4-1-2-6-15(12)19/h1-2,4,6,10-11,14H,3,5,7-9H2. The van der Waals surface area contributed by atoms with E-state index >= 15 is 0 Å². The Kier molecular flexibility index (Phi) is 3.14. The van der Waals surface area contributed by atoms with Crippen LogP contribution < -0.4 is 4.90 Å². The first-order valence-corrected chi connectivity index (χ1v) is 8.30. The average molecular weight is 345 g/mol. The number of para-hydroxylation sites is 1. The third-order valence-corrected chi connectivity index (χ3v) is 4.76. The van der Waals surface area contributed by atoms with Crippen molar-refractivity contribution in [1.82, 2.24) is 4.57 Å². The molecule has 21 heavy (non-hydrogen) atoms. The number of nitrogens with zero attached hydrogens (tertiary/aromatic N) is 2. The van der Waals surface area contributed by atoms with Gasteiger partial charge >= 0.3 is 0 Å². The zero-order chi connectivity index (χ0) is 14.4. The Bertz CT molecular complexity index is 703. The average Bonchev–Trinajstić information content (AvgIpc) is 3.28. The van der Waals surface area contributed by atoms with Crippen molar-refractivity contribution in [2.24, 2.45) is 0 Å². The minimum Gasteiger partial charge on any atom is -0.339 e. The first kappa shape index (κ1) is 13.1. The predicted molar refractivity (Wildman–Crippen MR) is 86.8 cm³/mol. The van der Waals surface area contributed by atoms with Gasteiger partial charge in [0.1, 0.15) is 5.69 Å². The number of aryl methyl sites for hydroxylation is 1. The molecule has 0 radical (unpaired) electrons. The zero-order valence-electron chi connectivity index (χ0n) is 11.8. The van der Waals surface area contributed by atoms with E-state index in [1.807, 2.05) is 23.2 Å². The molecule has 0 saturated heterocycles. The summed E-state index contributed by atoms with van der Waals surface area (Å²) in [4.78, 5) is 15.0. The topological polar surface area (TPSA) is 25.2 Å². The predicted octanol–water partition coefficient (Wildman–Crippen LogP) is 4.18. The molecular weight excluding hydrogens is 328 g/mol. The lowest BCUT2D eigenvalue weighted by Gasteiger charge is -2.29. The van der Waals surface area contributed by atoms with Gasteiger partial charge in [-0.25, -0.2) is 0 Å². The molecule has 1 aromatic carbocycles. The van der Waals surface area contributed by atoms with E-state index in [4.69, 9.17) is 0 Å². The Morgan fingerprint density at radius 2 is 2.05 bits per heavy atom. The van der Waals surface area contributed by atoms with E-state index in [1.54, 1.807) is 0 Å². The van der Waals surface area contributed by atoms with Crippen molar-refractivity contribution in [3.8, 4) is 0 Å². The number of benzene rings is 1. The number of aromatic nitrogens is 1. The van der Waals surface area contributed by atoms with Gasteiger partial charge in [-0.15, -0.1) is 0 Å². The minimum atomic E-state index is 0.125. The van der Waals surface area contributed by atoms with Crippen LogP contribution in [-0.2, 0) is 6.42 Å². The molecule has 4 heteroatoms. The Morgan fingerprint density at radius 3 is 2.86 bits per heavy atom. The fourth-order valence-electron chi connectivity index (χ4n) is 3.15. The smallest absolute Gasteiger partial charge is 0.274 e. The van der Waals surface area contributed by atoms with Crippen molar-refractivity contribution >= 4 is 27.5 Å². The lowest BCUT2D eigenvalue weighted by molar-refractivity contribution is 0.0976. The largest absolute Gasteiger partial charge is 0.339 e. The van der Waals surface area contributed by atoms with E-state index in [9.17, 15) is 4.79 Å². The summed E-state index contributed by atoms with van der Waals surface area (Å²) in [6.07, 6.45) is 6.50. The van der Waals surface area contributed by atoms with E-state index in [0.717, 1.165) is 35.2 Å². The highest BCUT2D eigenvalue weighted by atomic mass is 79.9. The van der Waals surface area contributed by atoms with Crippen molar-refractivity contribution in [1.29, 1.82) is 0 Å². The number of halogens is 1. The second-order valence-electron chi connectivity index (χ2n) is 5.87. The highest BCUT2D eigenvalue weighted by Gasteiger charge is 2.31. The molecular formula is C17H17BrN2O. The van der Waals surface area contributed by atoms with E-state index in [-0.39, 0.29) is 5.91 Å². The summed E-state index contributed by atoms with van der Waals surface area (Å²) in [6, 6.07) is 10.7. The van der Waals surface area contributed by atoms with E-state index < -0.39 is 0 Å². The van der Waals surface area contributed by atoms with Gasteiger partial charge in [0.05, 0.1) is 0 Å². The number of carbonyl (C=O) groups is 1. The summed E-state index contributed by atoms with van der Waals surface area (Å²) >= 11 is 3.51. The molecule has 0 unspecified atom stereocenters. The second-order valence-corrected chi connectivity index (χ2v) is 6.79. The summed E-state index contributed by atoms with van der Waals surface area (Å²) < 4.78 is 3.13. The minimum absolute atomic E-state index is 0.125. The summed E-state index contributed by atoms with van der Waals surface area (Å²) in [7, 11) is 0. The third kappa shape index (κ3) is 2.31. The maximum Gasteiger partial charge on any atom is 0.274 e. The van der Waals surface area contributed by atoms with Crippen LogP contribution in [0.5, 0.6) is 0 Å². The maximum absolute atomic E-state index is 13.0. The molecule has 1 fully saturated rings. The summed E-state index contributed by atoms with van der Waals surface area (Å²) in [5.74, 6) is 0.125. The molecule has 1 aliphatic heterocycles. The normalized spacial score (nSPS) is 17.7. The van der Waals surface area contributed by atoms with Gasteiger partial charge < -0.3 is 9.47 Å². The Hall–Kier alpha value is -1.55. The molecule has 4 rings (SSSR count). The van der Waals surface area contributed by atoms with Crippen molar-refractivity contribution in [2.45, 2.75) is 31.7 Å². The number of hydrogen-bond acceptors (Lipinski definition) is 1. The molecule has 1 aromatic heterocycles. The quantitative estimate of drug-likeness (QED) is 0.802. The first-order valence-electron chi connectivity index (χ1n) is 7.51. The Morgan fingerprint density at radius 1 is 1.24 bits per heavy atom. The van der Waals surface area contributed by atoms with Gasteiger partial charge in [0.2, 0.25) is 0 Å². The van der Waals surface area contributed by atoms with Crippen LogP contribution in [0.15, 0.2) is 41.0 Å². The lowest BCUT2D eigenvalue weighted by atomic mass is 10.0. The summed E-state index contributed by atoms with van der Waals surface area (Å²) in [5.41, 5.74) is 3.16. The van der Waals surface area contributed by atoms with Gasteiger partial charge in [0, 0.05) is 28.9 Å². The number of carbonyl (C=O) groups excluding carboxylic acids is 1. The molecule has 3 nitrogen and oxygen atoms in total. The van der Waals surface area contributed by atoms with E-state index in [1.165, 1.54) is 18.4 Å². The number of hydrogen-bond donors (Lipinski definition) is 0. The van der Waals surface area contributed by atoms with Gasteiger partial charge in [0.15, 0.2) is 0 Å². The molecule has 0 N–H and O–H groups in total. The molecule has 0 atom stereocenters. The van der Waals surface area contributed by atoms with Crippen molar-refractivity contribution in [2.75, 3.05) is 11.4 Å². The molecule has 2 heterocycles. The SMILES string of the molecule is O=C(c1cc(Br)cn1C1CC1)N1CCCc2ccccc21. The molecule has 1 saturated carbocycles. The summed E-state index contributed by atoms with van der Waals surface area (Å²) in [5, 5.41) is 0. The van der Waals surface area contributed by atoms with Crippen LogP contribution >= 0.6 is 15.9 Å². The van der Waals surface area contributed by atoms with Gasteiger partial charge in [-0.05, 0) is 59.3 Å². The highest BCUT2D eigenvalue weighted by molar-refractivity contribution is 9.10. The molecule has 0 bridgehead atoms. The van der Waals surface area contributed by atoms with Crippen molar-refractivity contribution < 1.29 is 4.79 Å². The Balaban J connectivity index is 1.73. The van der Waals surface area contributed by atoms with Crippen LogP contribution in [0.4, 0.5) is 5.69 Å². The first-order chi connectivity index (χ1) is 10.2. The molecule has 2 aromatic rings. The van der Waals surface area contributed by atoms with E-state index in [0.29, 0.717) is 6.04 Å². The van der Waals surface area contributed by atoms with Crippen LogP contribution in [0.1, 0.15) is 41.4 Å². The monoisotopic (exact) mass is 344 g/mol. The van der Waals surface area contributed by atoms with Gasteiger partial charge in [-0.1, -0.05) is 18.2 Å². The van der Waals surface area contributed by atoms with Crippen LogP contribution in [-0.4, -0.2) is 17.0 Å². The van der Waals surface area contributed by atoms with Crippen LogP contribution in [0.25, 0.3) is 0 Å². The maximum atomic E-state index is 13.0. The fraction of sp³-hybridized carbons (Fsp3) is 0.353. The number of anilines is 1. The second kappa shape index (κ2) is 5.02. The van der Waals surface area contributed by atoms with E-state index in [2.05, 4.69) is 38.7 Å². The molecule has 0 spiro atoms. The zero-order valence-corrected chi connectivity index (χ0v) is 13.3. The van der Waals surface area contributed by atoms with Crippen molar-refractivity contribution in [3.05, 3.63) is 52.3 Å². The highest BCUT2D eigenvalue weighted by Crippen LogP contribution is 2.38. The van der Waals surface area contributed by atoms with Gasteiger partial charge in [-0.3, -0.25) is 4.79 Å². The number of rotatable bonds is 2. The van der Waals surface area contributed by atoms with Gasteiger partial charge in [0.25, 0.3) is 5.91 Å². The van der Waals surface area contributed by atoms with Crippen LogP contribution in [0.2, 0.25) is 0 Å². The Labute approximate surface area is 132 Å². The van der Waals surface area contributed by atoms with Crippen LogP contribution in [0.3, 0.4) is 0 Å². The molecule has 1 amide bonds. The lowest BCUT2D eigenvalue weighted by Crippen LogP contribution is -2.36. The molecule has 1 aliphatic carbocycles. The van der Waals surface area contributed by atoms with Crippen LogP contribution in [0, 0.1) is 0 Å². The third-order valence-electron chi connectivity index (χ3n) is 4.33. The summed E-state index contributed by atoms with van der Waals surface area (Å²) in [6.45, 7) is 0.809. The molecule has 108 valence electrons. The van der Waals surface area contributed by atoms with Gasteiger partial charge in [-0.2, -0.15) is 0 Å². The number of fused-ring (bicyclic) bond motifs is 1.